The minimum atomic E-state index is -3.96. The molecule has 2 atom stereocenters. The van der Waals surface area contributed by atoms with Gasteiger partial charge in [-0.05, 0) is 50.2 Å². The summed E-state index contributed by atoms with van der Waals surface area (Å²) in [5.41, 5.74) is 0.416. The van der Waals surface area contributed by atoms with Crippen molar-refractivity contribution in [2.24, 2.45) is 0 Å². The monoisotopic (exact) mass is 440 g/mol. The van der Waals surface area contributed by atoms with Crippen LogP contribution in [-0.2, 0) is 24.3 Å². The maximum atomic E-state index is 12.3. The average Bonchev–Trinajstić information content (AvgIpc) is 2.68. The fourth-order valence-electron chi connectivity index (χ4n) is 2.27. The SMILES string of the molecule is COc1ccccc1NC(=O)C(C)OC(=O)C(C)NS(=O)(=O)c1ccc(Cl)cc1. The summed E-state index contributed by atoms with van der Waals surface area (Å²) >= 11 is 5.75. The molecule has 0 aliphatic carbocycles. The average molecular weight is 441 g/mol. The molecule has 2 N–H and O–H groups in total. The lowest BCUT2D eigenvalue weighted by Crippen LogP contribution is -2.42. The maximum absolute atomic E-state index is 12.3. The lowest BCUT2D eigenvalue weighted by molar-refractivity contribution is -0.154. The van der Waals surface area contributed by atoms with Gasteiger partial charge in [-0.25, -0.2) is 8.42 Å². The number of halogens is 1. The Balaban J connectivity index is 1.97. The molecule has 0 spiro atoms. The van der Waals surface area contributed by atoms with Gasteiger partial charge in [0.15, 0.2) is 6.10 Å². The summed E-state index contributed by atoms with van der Waals surface area (Å²) in [5, 5.41) is 2.97. The summed E-state index contributed by atoms with van der Waals surface area (Å²) in [6, 6.07) is 11.0. The highest BCUT2D eigenvalue weighted by molar-refractivity contribution is 7.89. The number of nitrogens with one attached hydrogen (secondary N) is 2. The van der Waals surface area contributed by atoms with Gasteiger partial charge in [-0.2, -0.15) is 4.72 Å². The van der Waals surface area contributed by atoms with Gasteiger partial charge in [0.25, 0.3) is 5.91 Å². The van der Waals surface area contributed by atoms with Gasteiger partial charge in [-0.1, -0.05) is 23.7 Å². The van der Waals surface area contributed by atoms with Crippen molar-refractivity contribution in [3.05, 3.63) is 53.6 Å². The Morgan fingerprint density at radius 2 is 1.66 bits per heavy atom. The van der Waals surface area contributed by atoms with E-state index in [1.807, 2.05) is 0 Å². The van der Waals surface area contributed by atoms with Gasteiger partial charge in [0.2, 0.25) is 10.0 Å². The second-order valence-electron chi connectivity index (χ2n) is 6.07. The van der Waals surface area contributed by atoms with Crippen LogP contribution in [0, 0.1) is 0 Å². The zero-order chi connectivity index (χ0) is 21.6. The normalized spacial score (nSPS) is 13.2. The van der Waals surface area contributed by atoms with Gasteiger partial charge in [-0.3, -0.25) is 9.59 Å². The summed E-state index contributed by atoms with van der Waals surface area (Å²) in [7, 11) is -2.50. The highest BCUT2D eigenvalue weighted by atomic mass is 35.5. The number of esters is 1. The van der Waals surface area contributed by atoms with Crippen LogP contribution in [-0.4, -0.2) is 39.5 Å². The van der Waals surface area contributed by atoms with Crippen LogP contribution in [0.4, 0.5) is 5.69 Å². The molecule has 0 aromatic heterocycles. The van der Waals surface area contributed by atoms with Crippen molar-refractivity contribution in [2.45, 2.75) is 30.9 Å². The molecule has 0 radical (unpaired) electrons. The first-order chi connectivity index (χ1) is 13.6. The third kappa shape index (κ3) is 6.18. The summed E-state index contributed by atoms with van der Waals surface area (Å²) < 4.78 is 37.1. The fourth-order valence-corrected chi connectivity index (χ4v) is 3.59. The number of hydrogen-bond acceptors (Lipinski definition) is 6. The van der Waals surface area contributed by atoms with E-state index in [0.29, 0.717) is 16.5 Å². The first-order valence-corrected chi connectivity index (χ1v) is 10.4. The Hall–Kier alpha value is -2.62. The number of sulfonamides is 1. The molecule has 2 aromatic rings. The van der Waals surface area contributed by atoms with Crippen molar-refractivity contribution >= 4 is 39.2 Å². The van der Waals surface area contributed by atoms with E-state index in [1.165, 1.54) is 45.2 Å². The number of hydrogen-bond donors (Lipinski definition) is 2. The lowest BCUT2D eigenvalue weighted by atomic mass is 10.2. The summed E-state index contributed by atoms with van der Waals surface area (Å²) in [6.45, 7) is 2.70. The Bertz CT molecular complexity index is 978. The predicted octanol–water partition coefficient (Wildman–Crippen LogP) is 2.59. The number of benzene rings is 2. The number of para-hydroxylation sites is 2. The van der Waals surface area contributed by atoms with Gasteiger partial charge < -0.3 is 14.8 Å². The first-order valence-electron chi connectivity index (χ1n) is 8.56. The first kappa shape index (κ1) is 22.7. The van der Waals surface area contributed by atoms with Crippen LogP contribution < -0.4 is 14.8 Å². The third-order valence-corrected chi connectivity index (χ3v) is 5.65. The van der Waals surface area contributed by atoms with E-state index in [4.69, 9.17) is 21.1 Å². The van der Waals surface area contributed by atoms with Gasteiger partial charge in [0.1, 0.15) is 11.8 Å². The van der Waals surface area contributed by atoms with Gasteiger partial charge >= 0.3 is 5.97 Å². The van der Waals surface area contributed by atoms with Crippen molar-refractivity contribution in [1.82, 2.24) is 4.72 Å². The van der Waals surface area contributed by atoms with Crippen molar-refractivity contribution in [2.75, 3.05) is 12.4 Å². The molecule has 1 amide bonds. The summed E-state index contributed by atoms with van der Waals surface area (Å²) in [5.74, 6) is -1.04. The van der Waals surface area contributed by atoms with Crippen molar-refractivity contribution in [3.63, 3.8) is 0 Å². The highest BCUT2D eigenvalue weighted by Gasteiger charge is 2.26. The molecule has 156 valence electrons. The molecule has 2 rings (SSSR count). The van der Waals surface area contributed by atoms with E-state index >= 15 is 0 Å². The van der Waals surface area contributed by atoms with E-state index in [-0.39, 0.29) is 4.90 Å². The van der Waals surface area contributed by atoms with Crippen LogP contribution in [0.25, 0.3) is 0 Å². The maximum Gasteiger partial charge on any atom is 0.324 e. The molecule has 0 fully saturated rings. The van der Waals surface area contributed by atoms with Crippen molar-refractivity contribution in [1.29, 1.82) is 0 Å². The molecular weight excluding hydrogens is 420 g/mol. The molecule has 0 saturated heterocycles. The lowest BCUT2D eigenvalue weighted by Gasteiger charge is -2.18. The molecule has 8 nitrogen and oxygen atoms in total. The minimum Gasteiger partial charge on any atom is -0.495 e. The van der Waals surface area contributed by atoms with Crippen LogP contribution in [0.15, 0.2) is 53.4 Å². The Labute approximate surface area is 174 Å². The minimum absolute atomic E-state index is 0.0523. The van der Waals surface area contributed by atoms with E-state index in [2.05, 4.69) is 10.0 Å². The van der Waals surface area contributed by atoms with Crippen LogP contribution in [0.1, 0.15) is 13.8 Å². The quantitative estimate of drug-likeness (QED) is 0.610. The van der Waals surface area contributed by atoms with E-state index in [0.717, 1.165) is 0 Å². The smallest absolute Gasteiger partial charge is 0.324 e. The molecule has 10 heteroatoms. The Kier molecular flexibility index (Phi) is 7.60. The standard InChI is InChI=1S/C19H21ClN2O6S/c1-12(22-29(25,26)15-10-8-14(20)9-11-15)19(24)28-13(2)18(23)21-16-6-4-5-7-17(16)27-3/h4-13,22H,1-3H3,(H,21,23). The second kappa shape index (κ2) is 9.73. The van der Waals surface area contributed by atoms with Crippen molar-refractivity contribution < 1.29 is 27.5 Å². The molecule has 2 unspecified atom stereocenters. The molecular formula is C19H21ClN2O6S. The van der Waals surface area contributed by atoms with Crippen LogP contribution >= 0.6 is 11.6 Å². The molecule has 0 bridgehead atoms. The van der Waals surface area contributed by atoms with Gasteiger partial charge in [0.05, 0.1) is 17.7 Å². The number of rotatable bonds is 8. The van der Waals surface area contributed by atoms with Crippen LogP contribution in [0.3, 0.4) is 0 Å². The number of carbonyl (C=O) groups is 2. The zero-order valence-corrected chi connectivity index (χ0v) is 17.6. The number of amides is 1. The molecule has 29 heavy (non-hydrogen) atoms. The molecule has 0 saturated carbocycles. The van der Waals surface area contributed by atoms with Crippen LogP contribution in [0.5, 0.6) is 5.75 Å². The van der Waals surface area contributed by atoms with E-state index in [1.54, 1.807) is 24.3 Å². The zero-order valence-electron chi connectivity index (χ0n) is 16.0. The number of carbonyl (C=O) groups excluding carboxylic acids is 2. The van der Waals surface area contributed by atoms with Gasteiger partial charge in [-0.15, -0.1) is 0 Å². The molecule has 0 aliphatic rings. The Morgan fingerprint density at radius 3 is 2.28 bits per heavy atom. The molecule has 0 heterocycles. The largest absolute Gasteiger partial charge is 0.495 e. The second-order valence-corrected chi connectivity index (χ2v) is 8.22. The topological polar surface area (TPSA) is 111 Å². The molecule has 2 aromatic carbocycles. The number of ether oxygens (including phenoxy) is 2. The van der Waals surface area contributed by atoms with Crippen molar-refractivity contribution in [3.8, 4) is 5.75 Å². The summed E-state index contributed by atoms with van der Waals surface area (Å²) in [6.07, 6.45) is -1.16. The summed E-state index contributed by atoms with van der Waals surface area (Å²) in [4.78, 5) is 24.5. The molecule has 0 aliphatic heterocycles. The van der Waals surface area contributed by atoms with E-state index in [9.17, 15) is 18.0 Å². The Morgan fingerprint density at radius 1 is 1.03 bits per heavy atom. The fraction of sp³-hybridized carbons (Fsp3) is 0.263. The van der Waals surface area contributed by atoms with Crippen LogP contribution in [0.2, 0.25) is 5.02 Å². The number of anilines is 1. The van der Waals surface area contributed by atoms with Gasteiger partial charge in [0, 0.05) is 5.02 Å². The highest BCUT2D eigenvalue weighted by Crippen LogP contribution is 2.23. The van der Waals surface area contributed by atoms with E-state index < -0.39 is 34.0 Å². The predicted molar refractivity (Wildman–Crippen MR) is 108 cm³/mol. The number of methoxy groups -OCH3 is 1. The third-order valence-electron chi connectivity index (χ3n) is 3.84.